The van der Waals surface area contributed by atoms with Crippen LogP contribution in [0.3, 0.4) is 0 Å². The van der Waals surface area contributed by atoms with Crippen molar-refractivity contribution in [1.82, 2.24) is 14.9 Å². The summed E-state index contributed by atoms with van der Waals surface area (Å²) in [6, 6.07) is 9.62. The molecule has 44 heavy (non-hydrogen) atoms. The Morgan fingerprint density at radius 3 is 2.59 bits per heavy atom. The summed E-state index contributed by atoms with van der Waals surface area (Å²) in [4.78, 5) is 31.5. The van der Waals surface area contributed by atoms with Crippen LogP contribution in [0.4, 0.5) is 14.5 Å². The highest BCUT2D eigenvalue weighted by atomic mass is 32.2. The monoisotopic (exact) mass is 629 g/mol. The molecule has 1 saturated heterocycles. The van der Waals surface area contributed by atoms with Gasteiger partial charge in [0, 0.05) is 17.6 Å². The van der Waals surface area contributed by atoms with Crippen LogP contribution in [0.15, 0.2) is 70.7 Å². The van der Waals surface area contributed by atoms with Crippen molar-refractivity contribution in [1.29, 1.82) is 0 Å². The fraction of sp³-hybridized carbons (Fsp3) is 0.310. The summed E-state index contributed by atoms with van der Waals surface area (Å²) in [5.41, 5.74) is 5.30. The minimum atomic E-state index is -4.49. The second-order valence-corrected chi connectivity index (χ2v) is 12.2. The van der Waals surface area contributed by atoms with Crippen molar-refractivity contribution in [3.05, 3.63) is 76.6 Å². The summed E-state index contributed by atoms with van der Waals surface area (Å²) in [7, 11) is -4.49. The van der Waals surface area contributed by atoms with Crippen molar-refractivity contribution >= 4 is 32.5 Å². The first kappa shape index (κ1) is 30.8. The van der Waals surface area contributed by atoms with E-state index in [4.69, 9.17) is 15.2 Å². The minimum Gasteiger partial charge on any atom is -0.487 e. The number of hydrogen-bond acceptors (Lipinski definition) is 9. The van der Waals surface area contributed by atoms with Gasteiger partial charge in [0.15, 0.2) is 11.5 Å². The number of hydrogen-bond donors (Lipinski definition) is 2. The zero-order valence-electron chi connectivity index (χ0n) is 23.3. The van der Waals surface area contributed by atoms with E-state index in [0.717, 1.165) is 6.07 Å². The number of halogens is 2. The molecule has 2 aromatic heterocycles. The number of aromatic amines is 1. The maximum Gasteiger partial charge on any atom is 0.312 e. The molecule has 3 N–H and O–H groups in total. The Balaban J connectivity index is 1.41. The number of rotatable bonds is 12. The quantitative estimate of drug-likeness (QED) is 0.168. The molecule has 0 unspecified atom stereocenters. The number of amides is 1. The molecule has 1 fully saturated rings. The number of likely N-dealkylation sites (tertiary alicyclic amines) is 1. The molecule has 0 spiro atoms. The number of fused-ring (bicyclic) bond motifs is 1. The highest BCUT2D eigenvalue weighted by molar-refractivity contribution is 7.91. The van der Waals surface area contributed by atoms with Crippen LogP contribution in [-0.4, -0.2) is 73.2 Å². The molecule has 5 rings (SSSR count). The highest BCUT2D eigenvalue weighted by Crippen LogP contribution is 2.39. The number of alkyl halides is 2. The standard InChI is InChI=1S/C29H29F2N5O7S/c30-14-20(15-31)35-10-7-18(8-11-35)17-42-25-5-4-22(13-24(25)36(38)39)44(40,41)26-3-1-2-23(28(32)37)27(26)43-21-12-19-6-9-33-29(19)34-16-21/h1-6,9,12-13,16,18,20H,7-8,10-11,14-15,17H2,(H2,32,37)(H,33,34). The molecule has 12 nitrogen and oxygen atoms in total. The first-order valence-corrected chi connectivity index (χ1v) is 15.2. The number of nitro groups is 1. The van der Waals surface area contributed by atoms with Gasteiger partial charge in [0.05, 0.1) is 34.2 Å². The Morgan fingerprint density at radius 1 is 1.16 bits per heavy atom. The van der Waals surface area contributed by atoms with Crippen molar-refractivity contribution in [3.63, 3.8) is 0 Å². The van der Waals surface area contributed by atoms with E-state index >= 15 is 0 Å². The topological polar surface area (TPSA) is 171 Å². The van der Waals surface area contributed by atoms with E-state index in [0.29, 0.717) is 37.0 Å². The van der Waals surface area contributed by atoms with Crippen LogP contribution in [0.25, 0.3) is 11.0 Å². The van der Waals surface area contributed by atoms with Gasteiger partial charge in [-0.25, -0.2) is 22.2 Å². The van der Waals surface area contributed by atoms with Crippen molar-refractivity contribution in [2.45, 2.75) is 28.7 Å². The summed E-state index contributed by atoms with van der Waals surface area (Å²) in [5, 5.41) is 12.6. The Kier molecular flexibility index (Phi) is 9.06. The number of carbonyl (C=O) groups excluding carboxylic acids is 1. The second kappa shape index (κ2) is 12.9. The lowest BCUT2D eigenvalue weighted by Gasteiger charge is -2.35. The number of nitrogens with zero attached hydrogens (tertiary/aromatic N) is 3. The zero-order chi connectivity index (χ0) is 31.4. The molecule has 0 bridgehead atoms. The Labute approximate surface area is 250 Å². The van der Waals surface area contributed by atoms with Crippen LogP contribution < -0.4 is 15.2 Å². The Bertz CT molecular complexity index is 1790. The first-order chi connectivity index (χ1) is 21.1. The summed E-state index contributed by atoms with van der Waals surface area (Å²) < 4.78 is 65.4. The summed E-state index contributed by atoms with van der Waals surface area (Å²) in [5.74, 6) is -1.31. The van der Waals surface area contributed by atoms with Gasteiger partial charge in [0.2, 0.25) is 9.84 Å². The average molecular weight is 630 g/mol. The smallest absolute Gasteiger partial charge is 0.312 e. The number of nitro benzene ring substituents is 1. The third-order valence-electron chi connectivity index (χ3n) is 7.56. The summed E-state index contributed by atoms with van der Waals surface area (Å²) >= 11 is 0. The van der Waals surface area contributed by atoms with E-state index in [1.165, 1.54) is 36.5 Å². The third kappa shape index (κ3) is 6.33. The molecular formula is C29H29F2N5O7S. The summed E-state index contributed by atoms with van der Waals surface area (Å²) in [6.07, 6.45) is 4.18. The molecule has 15 heteroatoms. The number of para-hydroxylation sites is 1. The van der Waals surface area contributed by atoms with Crippen LogP contribution in [0, 0.1) is 16.0 Å². The number of H-pyrrole nitrogens is 1. The normalized spacial score (nSPS) is 14.6. The number of aromatic nitrogens is 2. The number of sulfone groups is 1. The molecule has 2 aromatic carbocycles. The van der Waals surface area contributed by atoms with E-state index in [9.17, 15) is 32.1 Å². The first-order valence-electron chi connectivity index (χ1n) is 13.7. The van der Waals surface area contributed by atoms with E-state index < -0.39 is 55.5 Å². The number of benzene rings is 2. The van der Waals surface area contributed by atoms with Gasteiger partial charge < -0.3 is 20.2 Å². The molecule has 1 aliphatic rings. The zero-order valence-corrected chi connectivity index (χ0v) is 24.1. The Hall–Kier alpha value is -4.63. The van der Waals surface area contributed by atoms with Gasteiger partial charge in [-0.2, -0.15) is 0 Å². The van der Waals surface area contributed by atoms with E-state index in [1.807, 2.05) is 0 Å². The van der Waals surface area contributed by atoms with Crippen molar-refractivity contribution in [3.8, 4) is 17.2 Å². The van der Waals surface area contributed by atoms with Crippen molar-refractivity contribution < 1.29 is 36.4 Å². The predicted octanol–water partition coefficient (Wildman–Crippen LogP) is 4.59. The number of primary amides is 1. The van der Waals surface area contributed by atoms with Crippen molar-refractivity contribution in [2.24, 2.45) is 11.7 Å². The van der Waals surface area contributed by atoms with E-state index in [2.05, 4.69) is 9.97 Å². The molecule has 0 aliphatic carbocycles. The molecule has 3 heterocycles. The number of carbonyl (C=O) groups is 1. The maximum absolute atomic E-state index is 13.8. The highest BCUT2D eigenvalue weighted by Gasteiger charge is 2.30. The van der Waals surface area contributed by atoms with Gasteiger partial charge in [0.25, 0.3) is 5.91 Å². The fourth-order valence-electron chi connectivity index (χ4n) is 5.10. The van der Waals surface area contributed by atoms with Gasteiger partial charge in [-0.1, -0.05) is 6.07 Å². The molecule has 1 amide bonds. The van der Waals surface area contributed by atoms with Crippen LogP contribution >= 0.6 is 0 Å². The molecule has 232 valence electrons. The predicted molar refractivity (Wildman–Crippen MR) is 155 cm³/mol. The molecule has 0 saturated carbocycles. The van der Waals surface area contributed by atoms with E-state index in [1.54, 1.807) is 23.2 Å². The summed E-state index contributed by atoms with van der Waals surface area (Å²) in [6.45, 7) is -0.513. The van der Waals surface area contributed by atoms with Gasteiger partial charge in [-0.3, -0.25) is 19.8 Å². The molecule has 0 atom stereocenters. The van der Waals surface area contributed by atoms with Gasteiger partial charge >= 0.3 is 5.69 Å². The lowest BCUT2D eigenvalue weighted by Crippen LogP contribution is -2.44. The lowest BCUT2D eigenvalue weighted by atomic mass is 9.97. The van der Waals surface area contributed by atoms with Gasteiger partial charge in [0.1, 0.15) is 29.6 Å². The molecule has 4 aromatic rings. The minimum absolute atomic E-state index is 0.00893. The molecule has 1 aliphatic heterocycles. The lowest BCUT2D eigenvalue weighted by molar-refractivity contribution is -0.386. The van der Waals surface area contributed by atoms with Crippen LogP contribution in [0.5, 0.6) is 17.2 Å². The van der Waals surface area contributed by atoms with Gasteiger partial charge in [-0.15, -0.1) is 0 Å². The maximum atomic E-state index is 13.8. The fourth-order valence-corrected chi connectivity index (χ4v) is 6.53. The average Bonchev–Trinajstić information content (AvgIpc) is 3.49. The van der Waals surface area contributed by atoms with Crippen LogP contribution in [0.1, 0.15) is 23.2 Å². The number of ether oxygens (including phenoxy) is 2. The second-order valence-electron chi connectivity index (χ2n) is 10.3. The Morgan fingerprint density at radius 2 is 1.91 bits per heavy atom. The van der Waals surface area contributed by atoms with Crippen LogP contribution in [0.2, 0.25) is 0 Å². The van der Waals surface area contributed by atoms with Gasteiger partial charge in [-0.05, 0) is 68.2 Å². The van der Waals surface area contributed by atoms with E-state index in [-0.39, 0.29) is 35.3 Å². The number of nitrogens with one attached hydrogen (secondary N) is 1. The van der Waals surface area contributed by atoms with Crippen LogP contribution in [-0.2, 0) is 9.84 Å². The number of pyridine rings is 1. The SMILES string of the molecule is NC(=O)c1cccc(S(=O)(=O)c2ccc(OCC3CCN(C(CF)CF)CC3)c([N+](=O)[O-])c2)c1Oc1cnc2[nH]ccc2c1. The number of piperidine rings is 1. The number of nitrogens with two attached hydrogens (primary N) is 1. The molecule has 0 radical (unpaired) electrons. The third-order valence-corrected chi connectivity index (χ3v) is 9.34. The molecular weight excluding hydrogens is 600 g/mol. The largest absolute Gasteiger partial charge is 0.487 e. The van der Waals surface area contributed by atoms with Crippen molar-refractivity contribution in [2.75, 3.05) is 33.0 Å².